The first kappa shape index (κ1) is 23.5. The quantitative estimate of drug-likeness (QED) is 0.486. The molecule has 1 aromatic heterocycles. The Balaban J connectivity index is 1.57. The summed E-state index contributed by atoms with van der Waals surface area (Å²) in [6, 6.07) is 13.3. The maximum atomic E-state index is 11.6. The predicted octanol–water partition coefficient (Wildman–Crippen LogP) is 4.43. The van der Waals surface area contributed by atoms with E-state index in [4.69, 9.17) is 16.3 Å². The zero-order valence-electron chi connectivity index (χ0n) is 19.2. The Morgan fingerprint density at radius 2 is 1.97 bits per heavy atom. The van der Waals surface area contributed by atoms with Crippen LogP contribution in [0.5, 0.6) is 5.75 Å². The van der Waals surface area contributed by atoms with Gasteiger partial charge in [0.15, 0.2) is 0 Å². The minimum Gasteiger partial charge on any atom is -0.494 e. The minimum atomic E-state index is -0.291. The van der Waals surface area contributed by atoms with Crippen LogP contribution in [0.25, 0.3) is 11.3 Å². The molecule has 0 unspecified atom stereocenters. The lowest BCUT2D eigenvalue weighted by Gasteiger charge is -2.34. The molecule has 0 bridgehead atoms. The van der Waals surface area contributed by atoms with Crippen LogP contribution in [-0.2, 0) is 4.79 Å². The molecule has 4 rings (SSSR count). The number of nitrogens with one attached hydrogen (secondary N) is 2. The van der Waals surface area contributed by atoms with Gasteiger partial charge in [-0.25, -0.2) is 9.97 Å². The number of aromatic nitrogens is 2. The molecule has 0 atom stereocenters. The van der Waals surface area contributed by atoms with Crippen LogP contribution in [0.3, 0.4) is 0 Å². The highest BCUT2D eigenvalue weighted by Crippen LogP contribution is 2.33. The van der Waals surface area contributed by atoms with E-state index in [1.54, 1.807) is 25.4 Å². The number of rotatable bonds is 7. The van der Waals surface area contributed by atoms with Crippen molar-refractivity contribution < 1.29 is 9.53 Å². The maximum absolute atomic E-state index is 11.6. The number of carbonyl (C=O) groups is 1. The first-order chi connectivity index (χ1) is 16.5. The fourth-order valence-corrected chi connectivity index (χ4v) is 3.93. The van der Waals surface area contributed by atoms with E-state index in [0.717, 1.165) is 43.1 Å². The molecule has 0 spiro atoms. The number of ether oxygens (including phenoxy) is 1. The Kier molecular flexibility index (Phi) is 7.30. The van der Waals surface area contributed by atoms with Crippen LogP contribution in [0.4, 0.5) is 23.0 Å². The van der Waals surface area contributed by atoms with Gasteiger partial charge in [0.25, 0.3) is 0 Å². The van der Waals surface area contributed by atoms with E-state index < -0.39 is 0 Å². The van der Waals surface area contributed by atoms with E-state index in [1.807, 2.05) is 24.3 Å². The van der Waals surface area contributed by atoms with Crippen LogP contribution in [0.2, 0.25) is 5.02 Å². The molecule has 8 nitrogen and oxygen atoms in total. The summed E-state index contributed by atoms with van der Waals surface area (Å²) in [6.45, 7) is 7.48. The van der Waals surface area contributed by atoms with Crippen molar-refractivity contribution in [2.24, 2.45) is 0 Å². The molecule has 2 N–H and O–H groups in total. The van der Waals surface area contributed by atoms with Crippen molar-refractivity contribution in [3.8, 4) is 17.0 Å². The molecule has 1 aliphatic rings. The summed E-state index contributed by atoms with van der Waals surface area (Å²) in [5, 5.41) is 6.38. The smallest absolute Gasteiger partial charge is 0.247 e. The van der Waals surface area contributed by atoms with Gasteiger partial charge in [-0.15, -0.1) is 0 Å². The summed E-state index contributed by atoms with van der Waals surface area (Å²) in [7, 11) is 3.78. The Hall–Kier alpha value is -3.62. The lowest BCUT2D eigenvalue weighted by Crippen LogP contribution is -2.44. The standard InChI is InChI=1S/C25H27ClN6O2/c1-4-23(33)28-18-7-5-6-17(14-18)24-20(26)16-27-25(30-24)29-21-9-8-19(15-22(21)34-3)32-12-10-31(2)11-13-32/h4-9,14-16H,1,10-13H2,2-3H3,(H,28,33)(H,27,29,30). The fraction of sp³-hybridized carbons (Fsp3) is 0.240. The molecule has 0 radical (unpaired) electrons. The van der Waals surface area contributed by atoms with Gasteiger partial charge in [0.1, 0.15) is 5.75 Å². The highest BCUT2D eigenvalue weighted by atomic mass is 35.5. The normalized spacial score (nSPS) is 13.9. The number of piperazine rings is 1. The first-order valence-corrected chi connectivity index (χ1v) is 11.3. The minimum absolute atomic E-state index is 0.291. The van der Waals surface area contributed by atoms with Crippen molar-refractivity contribution in [2.45, 2.75) is 0 Å². The number of carbonyl (C=O) groups excluding carboxylic acids is 1. The van der Waals surface area contributed by atoms with Crippen molar-refractivity contribution in [3.05, 3.63) is 66.3 Å². The van der Waals surface area contributed by atoms with Crippen LogP contribution in [0, 0.1) is 0 Å². The molecule has 1 amide bonds. The van der Waals surface area contributed by atoms with Gasteiger partial charge in [0, 0.05) is 49.2 Å². The Morgan fingerprint density at radius 1 is 1.18 bits per heavy atom. The van der Waals surface area contributed by atoms with Crippen molar-refractivity contribution in [3.63, 3.8) is 0 Å². The Morgan fingerprint density at radius 3 is 2.71 bits per heavy atom. The molecule has 2 aromatic carbocycles. The number of methoxy groups -OCH3 is 1. The number of hydrogen-bond acceptors (Lipinski definition) is 7. The molecule has 3 aromatic rings. The van der Waals surface area contributed by atoms with Gasteiger partial charge in [-0.3, -0.25) is 4.79 Å². The molecule has 0 saturated carbocycles. The average Bonchev–Trinajstić information content (AvgIpc) is 2.86. The van der Waals surface area contributed by atoms with E-state index in [9.17, 15) is 4.79 Å². The topological polar surface area (TPSA) is 82.6 Å². The van der Waals surface area contributed by atoms with Crippen LogP contribution in [0.15, 0.2) is 61.3 Å². The molecular formula is C25H27ClN6O2. The monoisotopic (exact) mass is 478 g/mol. The summed E-state index contributed by atoms with van der Waals surface area (Å²) in [5.74, 6) is 0.789. The average molecular weight is 479 g/mol. The van der Waals surface area contributed by atoms with Gasteiger partial charge in [-0.1, -0.05) is 30.3 Å². The number of anilines is 4. The maximum Gasteiger partial charge on any atom is 0.247 e. The molecule has 2 heterocycles. The molecule has 1 saturated heterocycles. The van der Waals surface area contributed by atoms with Gasteiger partial charge in [-0.2, -0.15) is 0 Å². The third kappa shape index (κ3) is 5.47. The number of likely N-dealkylation sites (N-methyl/N-ethyl adjacent to an activating group) is 1. The third-order valence-electron chi connectivity index (χ3n) is 5.63. The molecule has 0 aliphatic carbocycles. The van der Waals surface area contributed by atoms with E-state index in [-0.39, 0.29) is 5.91 Å². The number of benzene rings is 2. The summed E-state index contributed by atoms with van der Waals surface area (Å²) >= 11 is 6.40. The Labute approximate surface area is 204 Å². The van der Waals surface area contributed by atoms with Gasteiger partial charge < -0.3 is 25.2 Å². The van der Waals surface area contributed by atoms with Crippen LogP contribution < -0.4 is 20.3 Å². The van der Waals surface area contributed by atoms with Crippen LogP contribution in [-0.4, -0.2) is 61.1 Å². The summed E-state index contributed by atoms with van der Waals surface area (Å²) < 4.78 is 5.64. The lowest BCUT2D eigenvalue weighted by molar-refractivity contribution is -0.111. The van der Waals surface area contributed by atoms with Crippen LogP contribution >= 0.6 is 11.6 Å². The zero-order valence-corrected chi connectivity index (χ0v) is 20.0. The van der Waals surface area contributed by atoms with Crippen molar-refractivity contribution in [1.82, 2.24) is 14.9 Å². The third-order valence-corrected chi connectivity index (χ3v) is 5.91. The predicted molar refractivity (Wildman–Crippen MR) is 137 cm³/mol. The van der Waals surface area contributed by atoms with Gasteiger partial charge in [0.05, 0.1) is 29.7 Å². The molecule has 34 heavy (non-hydrogen) atoms. The molecule has 1 aliphatic heterocycles. The van der Waals surface area contributed by atoms with Gasteiger partial charge in [0.2, 0.25) is 11.9 Å². The van der Waals surface area contributed by atoms with Crippen molar-refractivity contribution in [2.75, 3.05) is 55.9 Å². The van der Waals surface area contributed by atoms with E-state index in [1.165, 1.54) is 6.08 Å². The second-order valence-electron chi connectivity index (χ2n) is 7.96. The fourth-order valence-electron chi connectivity index (χ4n) is 3.73. The second-order valence-corrected chi connectivity index (χ2v) is 8.37. The zero-order chi connectivity index (χ0) is 24.1. The number of nitrogens with zero attached hydrogens (tertiary/aromatic N) is 4. The molecule has 176 valence electrons. The van der Waals surface area contributed by atoms with Crippen LogP contribution in [0.1, 0.15) is 0 Å². The lowest BCUT2D eigenvalue weighted by atomic mass is 10.1. The van der Waals surface area contributed by atoms with Gasteiger partial charge >= 0.3 is 0 Å². The summed E-state index contributed by atoms with van der Waals surface area (Å²) in [6.07, 6.45) is 2.76. The number of halogens is 1. The SMILES string of the molecule is C=CC(=O)Nc1cccc(-c2nc(Nc3ccc(N4CCN(C)CC4)cc3OC)ncc2Cl)c1. The highest BCUT2D eigenvalue weighted by Gasteiger charge is 2.17. The molecule has 1 fully saturated rings. The largest absolute Gasteiger partial charge is 0.494 e. The highest BCUT2D eigenvalue weighted by molar-refractivity contribution is 6.33. The van der Waals surface area contributed by atoms with Crippen molar-refractivity contribution >= 4 is 40.5 Å². The molecular weight excluding hydrogens is 452 g/mol. The number of hydrogen-bond donors (Lipinski definition) is 2. The van der Waals surface area contributed by atoms with Crippen molar-refractivity contribution in [1.29, 1.82) is 0 Å². The first-order valence-electron chi connectivity index (χ1n) is 10.9. The second kappa shape index (κ2) is 10.5. The molecule has 9 heteroatoms. The summed E-state index contributed by atoms with van der Waals surface area (Å²) in [4.78, 5) is 25.3. The van der Waals surface area contributed by atoms with E-state index in [2.05, 4.69) is 50.1 Å². The Bertz CT molecular complexity index is 1190. The van der Waals surface area contributed by atoms with E-state index in [0.29, 0.717) is 28.1 Å². The van der Waals surface area contributed by atoms with Gasteiger partial charge in [-0.05, 0) is 37.4 Å². The number of amides is 1. The summed E-state index contributed by atoms with van der Waals surface area (Å²) in [5.41, 5.74) is 3.77. The van der Waals surface area contributed by atoms with E-state index >= 15 is 0 Å².